The molecule has 1 aliphatic rings. The molecule has 1 aliphatic carbocycles. The lowest BCUT2D eigenvalue weighted by atomic mass is 10.2. The third kappa shape index (κ3) is 2.46. The van der Waals surface area contributed by atoms with Crippen LogP contribution in [0.5, 0.6) is 0 Å². The lowest BCUT2D eigenvalue weighted by Crippen LogP contribution is -1.99. The van der Waals surface area contributed by atoms with Crippen LogP contribution in [0.1, 0.15) is 19.3 Å². The number of hydrogen-bond acceptors (Lipinski definition) is 3. The summed E-state index contributed by atoms with van der Waals surface area (Å²) < 4.78 is 1.93. The van der Waals surface area contributed by atoms with Gasteiger partial charge in [-0.2, -0.15) is 5.10 Å². The van der Waals surface area contributed by atoms with E-state index in [0.717, 1.165) is 29.5 Å². The first-order chi connectivity index (χ1) is 8.31. The Kier molecular flexibility index (Phi) is 2.55. The van der Waals surface area contributed by atoms with E-state index in [0.29, 0.717) is 0 Å². The van der Waals surface area contributed by atoms with E-state index < -0.39 is 0 Å². The average Bonchev–Trinajstić information content (AvgIpc) is 3.04. The predicted molar refractivity (Wildman–Crippen MR) is 67.2 cm³/mol. The van der Waals surface area contributed by atoms with E-state index in [4.69, 9.17) is 5.73 Å². The molecule has 4 nitrogen and oxygen atoms in total. The third-order valence-corrected chi connectivity index (χ3v) is 3.14. The number of aryl methyl sites for hydroxylation is 1. The second-order valence-electron chi connectivity index (χ2n) is 4.69. The highest BCUT2D eigenvalue weighted by atomic mass is 15.3. The molecule has 2 N–H and O–H groups in total. The highest BCUT2D eigenvalue weighted by molar-refractivity contribution is 5.60. The van der Waals surface area contributed by atoms with Gasteiger partial charge in [-0.25, -0.2) is 4.98 Å². The standard InChI is InChI=1S/C13H16N4/c14-12-3-1-2-11(8-12)13-15-9-17(16-13)7-6-10-4-5-10/h1-3,8-10H,4-7,14H2. The van der Waals surface area contributed by atoms with Crippen molar-refractivity contribution in [3.8, 4) is 11.4 Å². The van der Waals surface area contributed by atoms with Gasteiger partial charge in [0.15, 0.2) is 5.82 Å². The van der Waals surface area contributed by atoms with E-state index in [9.17, 15) is 0 Å². The Morgan fingerprint density at radius 1 is 1.35 bits per heavy atom. The molecule has 0 atom stereocenters. The summed E-state index contributed by atoms with van der Waals surface area (Å²) in [6, 6.07) is 7.68. The quantitative estimate of drug-likeness (QED) is 0.817. The topological polar surface area (TPSA) is 56.7 Å². The van der Waals surface area contributed by atoms with Crippen molar-refractivity contribution in [3.63, 3.8) is 0 Å². The first kappa shape index (κ1) is 10.3. The maximum Gasteiger partial charge on any atom is 0.181 e. The Labute approximate surface area is 100 Å². The number of anilines is 1. The molecular formula is C13H16N4. The molecule has 88 valence electrons. The second-order valence-corrected chi connectivity index (χ2v) is 4.69. The maximum absolute atomic E-state index is 5.75. The van der Waals surface area contributed by atoms with Gasteiger partial charge in [0.25, 0.3) is 0 Å². The predicted octanol–water partition coefficient (Wildman–Crippen LogP) is 2.33. The summed E-state index contributed by atoms with van der Waals surface area (Å²) in [6.07, 6.45) is 5.80. The molecule has 2 aromatic rings. The van der Waals surface area contributed by atoms with Gasteiger partial charge in [0.1, 0.15) is 6.33 Å². The summed E-state index contributed by atoms with van der Waals surface area (Å²) in [5, 5.41) is 4.47. The molecule has 1 aromatic carbocycles. The summed E-state index contributed by atoms with van der Waals surface area (Å²) >= 11 is 0. The molecule has 0 unspecified atom stereocenters. The third-order valence-electron chi connectivity index (χ3n) is 3.14. The Morgan fingerprint density at radius 3 is 3.00 bits per heavy atom. The minimum atomic E-state index is 0.747. The SMILES string of the molecule is Nc1cccc(-c2ncn(CCC3CC3)n2)c1. The van der Waals surface area contributed by atoms with E-state index in [1.165, 1.54) is 19.3 Å². The van der Waals surface area contributed by atoms with Crippen LogP contribution in [0.4, 0.5) is 5.69 Å². The normalized spacial score (nSPS) is 15.1. The Balaban J connectivity index is 1.74. The lowest BCUT2D eigenvalue weighted by Gasteiger charge is -1.99. The Bertz CT molecular complexity index is 514. The molecule has 0 amide bonds. The van der Waals surface area contributed by atoms with Gasteiger partial charge in [-0.3, -0.25) is 4.68 Å². The van der Waals surface area contributed by atoms with E-state index >= 15 is 0 Å². The number of nitrogens with two attached hydrogens (primary N) is 1. The Hall–Kier alpha value is -1.84. The van der Waals surface area contributed by atoms with Crippen molar-refractivity contribution >= 4 is 5.69 Å². The molecule has 0 spiro atoms. The zero-order valence-corrected chi connectivity index (χ0v) is 9.71. The van der Waals surface area contributed by atoms with Crippen LogP contribution in [0.3, 0.4) is 0 Å². The fraction of sp³-hybridized carbons (Fsp3) is 0.385. The van der Waals surface area contributed by atoms with Crippen molar-refractivity contribution in [3.05, 3.63) is 30.6 Å². The number of aromatic nitrogens is 3. The summed E-state index contributed by atoms with van der Waals surface area (Å²) in [5.74, 6) is 1.68. The number of hydrogen-bond donors (Lipinski definition) is 1. The average molecular weight is 228 g/mol. The summed E-state index contributed by atoms with van der Waals surface area (Å²) in [4.78, 5) is 4.32. The number of nitrogen functional groups attached to an aromatic ring is 1. The molecule has 1 aromatic heterocycles. The van der Waals surface area contributed by atoms with E-state index in [1.807, 2.05) is 28.9 Å². The molecule has 0 aliphatic heterocycles. The van der Waals surface area contributed by atoms with Gasteiger partial charge in [-0.15, -0.1) is 0 Å². The lowest BCUT2D eigenvalue weighted by molar-refractivity contribution is 0.546. The minimum absolute atomic E-state index is 0.747. The highest BCUT2D eigenvalue weighted by Gasteiger charge is 2.20. The summed E-state index contributed by atoms with van der Waals surface area (Å²) in [6.45, 7) is 0.972. The summed E-state index contributed by atoms with van der Waals surface area (Å²) in [7, 11) is 0. The molecule has 0 bridgehead atoms. The van der Waals surface area contributed by atoms with Crippen molar-refractivity contribution < 1.29 is 0 Å². The van der Waals surface area contributed by atoms with Crippen LogP contribution in [0.25, 0.3) is 11.4 Å². The van der Waals surface area contributed by atoms with E-state index in [2.05, 4.69) is 10.1 Å². The van der Waals surface area contributed by atoms with Gasteiger partial charge < -0.3 is 5.73 Å². The van der Waals surface area contributed by atoms with Crippen molar-refractivity contribution in [2.45, 2.75) is 25.8 Å². The second kappa shape index (κ2) is 4.20. The zero-order valence-electron chi connectivity index (χ0n) is 9.71. The van der Waals surface area contributed by atoms with Crippen molar-refractivity contribution in [2.75, 3.05) is 5.73 Å². The fourth-order valence-corrected chi connectivity index (χ4v) is 1.93. The fourth-order valence-electron chi connectivity index (χ4n) is 1.93. The molecule has 1 fully saturated rings. The molecule has 17 heavy (non-hydrogen) atoms. The Morgan fingerprint density at radius 2 is 2.24 bits per heavy atom. The van der Waals surface area contributed by atoms with E-state index in [1.54, 1.807) is 6.33 Å². The summed E-state index contributed by atoms with van der Waals surface area (Å²) in [5.41, 5.74) is 7.48. The van der Waals surface area contributed by atoms with Crippen LogP contribution >= 0.6 is 0 Å². The first-order valence-electron chi connectivity index (χ1n) is 6.06. The number of nitrogens with zero attached hydrogens (tertiary/aromatic N) is 3. The number of rotatable bonds is 4. The van der Waals surface area contributed by atoms with Gasteiger partial charge in [0.05, 0.1) is 0 Å². The van der Waals surface area contributed by atoms with Gasteiger partial charge in [0.2, 0.25) is 0 Å². The van der Waals surface area contributed by atoms with Gasteiger partial charge >= 0.3 is 0 Å². The minimum Gasteiger partial charge on any atom is -0.399 e. The molecule has 1 heterocycles. The van der Waals surface area contributed by atoms with Gasteiger partial charge in [-0.1, -0.05) is 25.0 Å². The van der Waals surface area contributed by atoms with Crippen LogP contribution in [-0.4, -0.2) is 14.8 Å². The molecule has 3 rings (SSSR count). The molecule has 1 saturated carbocycles. The van der Waals surface area contributed by atoms with Crippen LogP contribution in [0.2, 0.25) is 0 Å². The highest BCUT2D eigenvalue weighted by Crippen LogP contribution is 2.32. The van der Waals surface area contributed by atoms with Crippen molar-refractivity contribution in [2.24, 2.45) is 5.92 Å². The van der Waals surface area contributed by atoms with Crippen LogP contribution in [0.15, 0.2) is 30.6 Å². The smallest absolute Gasteiger partial charge is 0.181 e. The molecule has 0 radical (unpaired) electrons. The van der Waals surface area contributed by atoms with Crippen molar-refractivity contribution in [1.82, 2.24) is 14.8 Å². The van der Waals surface area contributed by atoms with E-state index in [-0.39, 0.29) is 0 Å². The maximum atomic E-state index is 5.75. The molecular weight excluding hydrogens is 212 g/mol. The monoisotopic (exact) mass is 228 g/mol. The number of benzene rings is 1. The molecule has 4 heteroatoms. The zero-order chi connectivity index (χ0) is 11.7. The van der Waals surface area contributed by atoms with Crippen LogP contribution in [-0.2, 0) is 6.54 Å². The van der Waals surface area contributed by atoms with Crippen molar-refractivity contribution in [1.29, 1.82) is 0 Å². The van der Waals surface area contributed by atoms with Gasteiger partial charge in [0, 0.05) is 17.8 Å². The molecule has 0 saturated heterocycles. The van der Waals surface area contributed by atoms with Gasteiger partial charge in [-0.05, 0) is 24.5 Å². The largest absolute Gasteiger partial charge is 0.399 e. The van der Waals surface area contributed by atoms with Crippen LogP contribution in [0, 0.1) is 5.92 Å². The first-order valence-corrected chi connectivity index (χ1v) is 6.06. The van der Waals surface area contributed by atoms with Crippen LogP contribution < -0.4 is 5.73 Å².